The number of para-hydroxylation sites is 1. The first-order valence-electron chi connectivity index (χ1n) is 6.82. The van der Waals surface area contributed by atoms with E-state index < -0.39 is 0 Å². The number of carbonyl (C=O) groups is 1. The SMILES string of the molecule is CCCCC(N)C(=O)Cc1nn(C)c2ccccc12. The fraction of sp³-hybridized carbons (Fsp3) is 0.467. The molecule has 0 amide bonds. The van der Waals surface area contributed by atoms with Gasteiger partial charge in [0.2, 0.25) is 0 Å². The Labute approximate surface area is 113 Å². The number of nitrogens with zero attached hydrogens (tertiary/aromatic N) is 2. The number of aryl methyl sites for hydroxylation is 1. The number of fused-ring (bicyclic) bond motifs is 1. The Balaban J connectivity index is 2.15. The lowest BCUT2D eigenvalue weighted by molar-refractivity contribution is -0.119. The van der Waals surface area contributed by atoms with Crippen LogP contribution in [0.15, 0.2) is 24.3 Å². The summed E-state index contributed by atoms with van der Waals surface area (Å²) < 4.78 is 1.81. The molecule has 0 saturated heterocycles. The third-order valence-electron chi connectivity index (χ3n) is 3.46. The summed E-state index contributed by atoms with van der Waals surface area (Å²) in [5.41, 5.74) is 7.80. The molecule has 102 valence electrons. The van der Waals surface area contributed by atoms with Crippen LogP contribution in [-0.2, 0) is 18.3 Å². The van der Waals surface area contributed by atoms with Gasteiger partial charge in [-0.05, 0) is 12.5 Å². The number of benzene rings is 1. The summed E-state index contributed by atoms with van der Waals surface area (Å²) in [4.78, 5) is 12.1. The molecule has 0 aliphatic heterocycles. The van der Waals surface area contributed by atoms with Crippen LogP contribution in [0.1, 0.15) is 31.9 Å². The standard InChI is InChI=1S/C15H21N3O/c1-3-4-8-12(16)15(19)10-13-11-7-5-6-9-14(11)18(2)17-13/h5-7,9,12H,3-4,8,10,16H2,1-2H3. The quantitative estimate of drug-likeness (QED) is 0.865. The van der Waals surface area contributed by atoms with Crippen LogP contribution >= 0.6 is 0 Å². The molecule has 0 aliphatic carbocycles. The third-order valence-corrected chi connectivity index (χ3v) is 3.46. The van der Waals surface area contributed by atoms with E-state index in [1.54, 1.807) is 0 Å². The second-order valence-corrected chi connectivity index (χ2v) is 4.98. The van der Waals surface area contributed by atoms with E-state index in [0.29, 0.717) is 6.42 Å². The summed E-state index contributed by atoms with van der Waals surface area (Å²) in [7, 11) is 1.90. The van der Waals surface area contributed by atoms with Crippen LogP contribution in [0.4, 0.5) is 0 Å². The van der Waals surface area contributed by atoms with Crippen molar-refractivity contribution in [3.8, 4) is 0 Å². The van der Waals surface area contributed by atoms with E-state index >= 15 is 0 Å². The number of nitrogens with two attached hydrogens (primary N) is 1. The highest BCUT2D eigenvalue weighted by atomic mass is 16.1. The zero-order valence-corrected chi connectivity index (χ0v) is 11.6. The molecule has 1 heterocycles. The van der Waals surface area contributed by atoms with Gasteiger partial charge in [-0.3, -0.25) is 9.48 Å². The zero-order valence-electron chi connectivity index (χ0n) is 11.6. The van der Waals surface area contributed by atoms with Crippen LogP contribution < -0.4 is 5.73 Å². The Hall–Kier alpha value is -1.68. The van der Waals surface area contributed by atoms with Crippen LogP contribution in [0, 0.1) is 0 Å². The highest BCUT2D eigenvalue weighted by Crippen LogP contribution is 2.18. The van der Waals surface area contributed by atoms with E-state index in [2.05, 4.69) is 12.0 Å². The van der Waals surface area contributed by atoms with Gasteiger partial charge in [0, 0.05) is 12.4 Å². The predicted octanol–water partition coefficient (Wildman–Crippen LogP) is 2.20. The minimum atomic E-state index is -0.360. The highest BCUT2D eigenvalue weighted by molar-refractivity contribution is 5.90. The molecule has 0 saturated carbocycles. The van der Waals surface area contributed by atoms with Crippen molar-refractivity contribution in [3.63, 3.8) is 0 Å². The van der Waals surface area contributed by atoms with Gasteiger partial charge in [0.25, 0.3) is 0 Å². The lowest BCUT2D eigenvalue weighted by atomic mass is 10.0. The van der Waals surface area contributed by atoms with Crippen molar-refractivity contribution in [2.45, 2.75) is 38.6 Å². The van der Waals surface area contributed by atoms with Gasteiger partial charge in [-0.15, -0.1) is 0 Å². The van der Waals surface area contributed by atoms with Crippen molar-refractivity contribution in [1.82, 2.24) is 9.78 Å². The lowest BCUT2D eigenvalue weighted by Gasteiger charge is -2.08. The van der Waals surface area contributed by atoms with Crippen molar-refractivity contribution in [3.05, 3.63) is 30.0 Å². The fourth-order valence-corrected chi connectivity index (χ4v) is 2.30. The Kier molecular flexibility index (Phi) is 4.32. The second kappa shape index (κ2) is 5.97. The molecule has 1 aromatic carbocycles. The van der Waals surface area contributed by atoms with Crippen LogP contribution in [0.2, 0.25) is 0 Å². The summed E-state index contributed by atoms with van der Waals surface area (Å²) in [6, 6.07) is 7.59. The Bertz CT molecular complexity index is 574. The molecular weight excluding hydrogens is 238 g/mol. The molecule has 0 radical (unpaired) electrons. The average molecular weight is 259 g/mol. The number of rotatable bonds is 6. The Morgan fingerprint density at radius 1 is 1.42 bits per heavy atom. The molecule has 0 bridgehead atoms. The molecule has 4 heteroatoms. The normalized spacial score (nSPS) is 12.8. The summed E-state index contributed by atoms with van der Waals surface area (Å²) >= 11 is 0. The largest absolute Gasteiger partial charge is 0.321 e. The molecule has 1 atom stereocenters. The molecule has 2 rings (SSSR count). The number of ketones is 1. The van der Waals surface area contributed by atoms with E-state index in [1.165, 1.54) is 0 Å². The second-order valence-electron chi connectivity index (χ2n) is 4.98. The zero-order chi connectivity index (χ0) is 13.8. The minimum Gasteiger partial charge on any atom is -0.321 e. The summed E-state index contributed by atoms with van der Waals surface area (Å²) in [5.74, 6) is 0.0808. The molecule has 4 nitrogen and oxygen atoms in total. The highest BCUT2D eigenvalue weighted by Gasteiger charge is 2.17. The number of aromatic nitrogens is 2. The van der Waals surface area contributed by atoms with E-state index in [4.69, 9.17) is 5.73 Å². The summed E-state index contributed by atoms with van der Waals surface area (Å²) in [5, 5.41) is 5.48. The first-order valence-corrected chi connectivity index (χ1v) is 6.82. The smallest absolute Gasteiger partial charge is 0.155 e. The Morgan fingerprint density at radius 2 is 2.16 bits per heavy atom. The first-order chi connectivity index (χ1) is 9.13. The van der Waals surface area contributed by atoms with Crippen LogP contribution in [0.25, 0.3) is 10.9 Å². The molecule has 1 aromatic heterocycles. The third kappa shape index (κ3) is 3.01. The van der Waals surface area contributed by atoms with Crippen molar-refractivity contribution in [2.75, 3.05) is 0 Å². The topological polar surface area (TPSA) is 60.9 Å². The van der Waals surface area contributed by atoms with E-state index in [1.807, 2.05) is 36.0 Å². The molecule has 19 heavy (non-hydrogen) atoms. The number of carbonyl (C=O) groups excluding carboxylic acids is 1. The van der Waals surface area contributed by atoms with Crippen LogP contribution in [-0.4, -0.2) is 21.6 Å². The van der Waals surface area contributed by atoms with Gasteiger partial charge < -0.3 is 5.73 Å². The summed E-state index contributed by atoms with van der Waals surface area (Å²) in [6.45, 7) is 2.10. The van der Waals surface area contributed by atoms with Gasteiger partial charge in [-0.2, -0.15) is 5.10 Å². The number of unbranched alkanes of at least 4 members (excludes halogenated alkanes) is 1. The maximum atomic E-state index is 12.1. The molecular formula is C15H21N3O. The van der Waals surface area contributed by atoms with Gasteiger partial charge in [0.1, 0.15) is 0 Å². The predicted molar refractivity (Wildman–Crippen MR) is 76.9 cm³/mol. The maximum Gasteiger partial charge on any atom is 0.155 e. The lowest BCUT2D eigenvalue weighted by Crippen LogP contribution is -2.31. The number of hydrogen-bond acceptors (Lipinski definition) is 3. The fourth-order valence-electron chi connectivity index (χ4n) is 2.30. The van der Waals surface area contributed by atoms with E-state index in [0.717, 1.165) is 35.9 Å². The summed E-state index contributed by atoms with van der Waals surface area (Å²) in [6.07, 6.45) is 3.15. The minimum absolute atomic E-state index is 0.0808. The van der Waals surface area contributed by atoms with E-state index in [-0.39, 0.29) is 11.8 Å². The van der Waals surface area contributed by atoms with E-state index in [9.17, 15) is 4.79 Å². The molecule has 1 unspecified atom stereocenters. The Morgan fingerprint density at radius 3 is 2.89 bits per heavy atom. The van der Waals surface area contributed by atoms with Crippen molar-refractivity contribution >= 4 is 16.7 Å². The molecule has 0 spiro atoms. The molecule has 0 fully saturated rings. The maximum absolute atomic E-state index is 12.1. The van der Waals surface area contributed by atoms with Gasteiger partial charge in [0.05, 0.1) is 23.7 Å². The van der Waals surface area contributed by atoms with Crippen LogP contribution in [0.5, 0.6) is 0 Å². The average Bonchev–Trinajstić information content (AvgIpc) is 2.73. The van der Waals surface area contributed by atoms with Gasteiger partial charge in [-0.25, -0.2) is 0 Å². The molecule has 2 aromatic rings. The van der Waals surface area contributed by atoms with Crippen molar-refractivity contribution < 1.29 is 4.79 Å². The van der Waals surface area contributed by atoms with Gasteiger partial charge in [0.15, 0.2) is 5.78 Å². The van der Waals surface area contributed by atoms with Crippen molar-refractivity contribution in [2.24, 2.45) is 12.8 Å². The number of Topliss-reactive ketones (excluding diaryl/α,β-unsaturated/α-hetero) is 1. The number of hydrogen-bond donors (Lipinski definition) is 1. The monoisotopic (exact) mass is 259 g/mol. The van der Waals surface area contributed by atoms with Crippen molar-refractivity contribution in [1.29, 1.82) is 0 Å². The first kappa shape index (κ1) is 13.7. The van der Waals surface area contributed by atoms with Crippen LogP contribution in [0.3, 0.4) is 0 Å². The van der Waals surface area contributed by atoms with Gasteiger partial charge >= 0.3 is 0 Å². The van der Waals surface area contributed by atoms with Gasteiger partial charge in [-0.1, -0.05) is 38.0 Å². The molecule has 2 N–H and O–H groups in total. The molecule has 0 aliphatic rings.